The number of anilines is 2. The first-order valence-corrected chi connectivity index (χ1v) is 12.7. The number of rotatable bonds is 7. The number of hydrogen-bond donors (Lipinski definition) is 5. The van der Waals surface area contributed by atoms with Gasteiger partial charge in [-0.2, -0.15) is 0 Å². The van der Waals surface area contributed by atoms with Crippen LogP contribution < -0.4 is 21.5 Å². The molecule has 3 aromatic rings. The first-order valence-electron chi connectivity index (χ1n) is 11.2. The average molecular weight is 510 g/mol. The zero-order valence-electron chi connectivity index (χ0n) is 19.4. The number of benzene rings is 3. The summed E-state index contributed by atoms with van der Waals surface area (Å²) in [6.45, 7) is 0.815. The first kappa shape index (κ1) is 25.2. The van der Waals surface area contributed by atoms with E-state index >= 15 is 0 Å². The predicted octanol–water partition coefficient (Wildman–Crippen LogP) is 3.45. The Hall–Kier alpha value is -3.93. The van der Waals surface area contributed by atoms with Crippen molar-refractivity contribution in [3.8, 4) is 11.1 Å². The Bertz CT molecular complexity index is 1370. The molecule has 0 saturated carbocycles. The summed E-state index contributed by atoms with van der Waals surface area (Å²) < 4.78 is 35.1. The Balaban J connectivity index is 1.49. The monoisotopic (exact) mass is 509 g/mol. The Labute approximate surface area is 209 Å². The number of amidine groups is 1. The van der Waals surface area contributed by atoms with Gasteiger partial charge in [-0.05, 0) is 35.9 Å². The van der Waals surface area contributed by atoms with Crippen LogP contribution in [-0.2, 0) is 19.5 Å². The predicted molar refractivity (Wildman–Crippen MR) is 137 cm³/mol. The number of carbonyl (C=O) groups is 1. The van der Waals surface area contributed by atoms with Gasteiger partial charge >= 0.3 is 6.09 Å². The Morgan fingerprint density at radius 2 is 1.67 bits per heavy atom. The second-order valence-electron chi connectivity index (χ2n) is 8.36. The highest BCUT2D eigenvalue weighted by atomic mass is 32.2. The van der Waals surface area contributed by atoms with Crippen molar-refractivity contribution in [1.29, 1.82) is 5.41 Å². The molecule has 10 nitrogen and oxygen atoms in total. The third-order valence-corrected chi connectivity index (χ3v) is 6.74. The minimum atomic E-state index is -3.89. The van der Waals surface area contributed by atoms with Gasteiger partial charge in [0.1, 0.15) is 5.84 Å². The number of ether oxygens (including phenoxy) is 2. The van der Waals surface area contributed by atoms with Gasteiger partial charge in [0.25, 0.3) is 0 Å². The molecule has 11 heteroatoms. The quantitative estimate of drug-likeness (QED) is 0.184. The summed E-state index contributed by atoms with van der Waals surface area (Å²) in [5, 5.41) is 19.0. The molecule has 1 aliphatic heterocycles. The van der Waals surface area contributed by atoms with Crippen LogP contribution in [0.25, 0.3) is 11.1 Å². The first-order chi connectivity index (χ1) is 17.2. The van der Waals surface area contributed by atoms with Gasteiger partial charge in [-0.25, -0.2) is 18.4 Å². The Morgan fingerprint density at radius 3 is 2.33 bits per heavy atom. The highest BCUT2D eigenvalue weighted by Gasteiger charge is 2.37. The van der Waals surface area contributed by atoms with E-state index in [2.05, 4.69) is 10.6 Å². The maximum Gasteiger partial charge on any atom is 0.413 e. The van der Waals surface area contributed by atoms with Crippen molar-refractivity contribution >= 4 is 33.3 Å². The van der Waals surface area contributed by atoms with Crippen LogP contribution in [0.5, 0.6) is 0 Å². The van der Waals surface area contributed by atoms with Gasteiger partial charge in [0.15, 0.2) is 5.72 Å². The summed E-state index contributed by atoms with van der Waals surface area (Å²) in [7, 11) is -3.89. The van der Waals surface area contributed by atoms with Crippen molar-refractivity contribution in [2.75, 3.05) is 23.8 Å². The van der Waals surface area contributed by atoms with Crippen molar-refractivity contribution < 1.29 is 22.7 Å². The fourth-order valence-electron chi connectivity index (χ4n) is 3.99. The summed E-state index contributed by atoms with van der Waals surface area (Å²) >= 11 is 0. The molecular formula is C25H27N5O5S. The van der Waals surface area contributed by atoms with Gasteiger partial charge in [-0.15, -0.1) is 0 Å². The zero-order chi connectivity index (χ0) is 25.8. The summed E-state index contributed by atoms with van der Waals surface area (Å²) in [5.74, 6) is -0.0616. The summed E-state index contributed by atoms with van der Waals surface area (Å²) in [6.07, 6.45) is 0.187. The molecule has 0 atom stereocenters. The number of carbonyl (C=O) groups excluding carboxylic acids is 1. The molecule has 3 aromatic carbocycles. The molecule has 0 unspecified atom stereocenters. The lowest BCUT2D eigenvalue weighted by Gasteiger charge is -2.38. The number of nitrogen functional groups attached to an aromatic ring is 1. The number of primary sulfonamides is 1. The van der Waals surface area contributed by atoms with Gasteiger partial charge < -0.3 is 20.5 Å². The van der Waals surface area contributed by atoms with Gasteiger partial charge in [-0.3, -0.25) is 10.7 Å². The van der Waals surface area contributed by atoms with Gasteiger partial charge in [0, 0.05) is 35.3 Å². The lowest BCUT2D eigenvalue weighted by molar-refractivity contribution is -0.0495. The minimum absolute atomic E-state index is 0.0199. The summed E-state index contributed by atoms with van der Waals surface area (Å²) in [5.41, 5.74) is 7.37. The summed E-state index contributed by atoms with van der Waals surface area (Å²) in [4.78, 5) is 12.8. The molecule has 4 rings (SSSR count). The number of amides is 1. The number of hydrogen-bond acceptors (Lipinski definition) is 7. The van der Waals surface area contributed by atoms with E-state index in [0.717, 1.165) is 0 Å². The lowest BCUT2D eigenvalue weighted by atomic mass is 10.0. The maximum absolute atomic E-state index is 12.8. The highest BCUT2D eigenvalue weighted by Crippen LogP contribution is 2.30. The van der Waals surface area contributed by atoms with Crippen LogP contribution in [0.1, 0.15) is 18.4 Å². The van der Waals surface area contributed by atoms with E-state index in [1.54, 1.807) is 60.7 Å². The van der Waals surface area contributed by atoms with Crippen molar-refractivity contribution in [2.45, 2.75) is 23.5 Å². The van der Waals surface area contributed by atoms with E-state index in [9.17, 15) is 13.2 Å². The largest absolute Gasteiger partial charge is 0.423 e. The molecule has 1 heterocycles. The maximum atomic E-state index is 12.8. The second-order valence-corrected chi connectivity index (χ2v) is 9.89. The van der Waals surface area contributed by atoms with Crippen LogP contribution in [0.2, 0.25) is 0 Å². The normalized spacial score (nSPS) is 15.0. The van der Waals surface area contributed by atoms with Crippen molar-refractivity contribution in [1.82, 2.24) is 0 Å². The van der Waals surface area contributed by atoms with Gasteiger partial charge in [0.05, 0.1) is 18.1 Å². The average Bonchev–Trinajstić information content (AvgIpc) is 2.84. The molecule has 0 bridgehead atoms. The molecule has 7 N–H and O–H groups in total. The lowest BCUT2D eigenvalue weighted by Crippen LogP contribution is -2.48. The highest BCUT2D eigenvalue weighted by molar-refractivity contribution is 7.89. The molecule has 0 aromatic heterocycles. The Kier molecular flexibility index (Phi) is 7.25. The fraction of sp³-hybridized carbons (Fsp3) is 0.200. The molecule has 1 amide bonds. The molecular weight excluding hydrogens is 482 g/mol. The molecule has 1 saturated heterocycles. The van der Waals surface area contributed by atoms with Gasteiger partial charge in [-0.1, -0.05) is 42.5 Å². The zero-order valence-corrected chi connectivity index (χ0v) is 20.2. The van der Waals surface area contributed by atoms with E-state index in [-0.39, 0.29) is 10.7 Å². The van der Waals surface area contributed by atoms with Crippen LogP contribution in [-0.4, -0.2) is 39.3 Å². The van der Waals surface area contributed by atoms with Crippen LogP contribution >= 0.6 is 0 Å². The van der Waals surface area contributed by atoms with Gasteiger partial charge in [0.2, 0.25) is 10.0 Å². The molecule has 36 heavy (non-hydrogen) atoms. The molecule has 0 radical (unpaired) electrons. The van der Waals surface area contributed by atoms with Crippen LogP contribution in [0, 0.1) is 5.41 Å². The molecule has 1 fully saturated rings. The van der Waals surface area contributed by atoms with Crippen LogP contribution in [0.4, 0.5) is 16.2 Å². The second kappa shape index (κ2) is 10.4. The summed E-state index contributed by atoms with van der Waals surface area (Å²) in [6, 6.07) is 20.1. The molecule has 1 aliphatic rings. The number of nitrogens with one attached hydrogen (secondary N) is 3. The molecule has 0 spiro atoms. The van der Waals surface area contributed by atoms with E-state index < -0.39 is 21.8 Å². The smallest absolute Gasteiger partial charge is 0.413 e. The number of nitrogens with two attached hydrogens (primary N) is 2. The minimum Gasteiger partial charge on any atom is -0.423 e. The van der Waals surface area contributed by atoms with Crippen molar-refractivity contribution in [3.63, 3.8) is 0 Å². The third kappa shape index (κ3) is 6.00. The fourth-order valence-corrected chi connectivity index (χ4v) is 4.75. The van der Waals surface area contributed by atoms with E-state index in [4.69, 9.17) is 25.8 Å². The van der Waals surface area contributed by atoms with Crippen molar-refractivity contribution in [2.24, 2.45) is 10.9 Å². The van der Waals surface area contributed by atoms with Crippen LogP contribution in [0.15, 0.2) is 77.7 Å². The van der Waals surface area contributed by atoms with E-state index in [1.165, 1.54) is 6.07 Å². The molecule has 188 valence electrons. The van der Waals surface area contributed by atoms with E-state index in [0.29, 0.717) is 54.1 Å². The third-order valence-electron chi connectivity index (χ3n) is 5.77. The SMILES string of the molecule is N=C(N)c1cccc(NC2(OC(=O)Nc3ccc(-c4ccccc4S(N)(=O)=O)cc3)CCOCC2)c1. The van der Waals surface area contributed by atoms with E-state index in [1.807, 2.05) is 6.07 Å². The molecule has 0 aliphatic carbocycles. The topological polar surface area (TPSA) is 170 Å². The Morgan fingerprint density at radius 1 is 0.972 bits per heavy atom. The van der Waals surface area contributed by atoms with Crippen molar-refractivity contribution in [3.05, 3.63) is 78.4 Å². The number of sulfonamides is 1. The van der Waals surface area contributed by atoms with Crippen LogP contribution in [0.3, 0.4) is 0 Å². The standard InChI is InChI=1S/C25H27N5O5S/c26-23(27)18-4-3-5-20(16-18)30-25(12-14-34-15-13-25)35-24(31)29-19-10-8-17(9-11-19)21-6-1-2-7-22(21)36(28,32)33/h1-11,16,30H,12-15H2,(H3,26,27)(H,29,31)(H2,28,32,33).